The second-order valence-corrected chi connectivity index (χ2v) is 4.39. The highest BCUT2D eigenvalue weighted by Gasteiger charge is 2.09. The summed E-state index contributed by atoms with van der Waals surface area (Å²) in [6.07, 6.45) is 3.03. The van der Waals surface area contributed by atoms with E-state index in [0.717, 1.165) is 5.69 Å². The van der Waals surface area contributed by atoms with Crippen molar-refractivity contribution in [1.29, 1.82) is 0 Å². The van der Waals surface area contributed by atoms with Crippen LogP contribution < -0.4 is 0 Å². The van der Waals surface area contributed by atoms with Gasteiger partial charge in [0.05, 0.1) is 11.3 Å². The first-order chi connectivity index (χ1) is 10.2. The maximum absolute atomic E-state index is 11.9. The zero-order valence-electron chi connectivity index (χ0n) is 11.3. The van der Waals surface area contributed by atoms with Crippen LogP contribution in [0.2, 0.25) is 0 Å². The third-order valence-corrected chi connectivity index (χ3v) is 2.81. The van der Waals surface area contributed by atoms with Crippen molar-refractivity contribution in [3.8, 4) is 5.69 Å². The second kappa shape index (κ2) is 5.58. The van der Waals surface area contributed by atoms with Crippen LogP contribution in [0.1, 0.15) is 21.8 Å². The maximum Gasteiger partial charge on any atom is 0.338 e. The summed E-state index contributed by atoms with van der Waals surface area (Å²) in [5, 5.41) is 7.77. The lowest BCUT2D eigenvalue weighted by molar-refractivity contribution is 0.0464. The number of hydrogen-bond acceptors (Lipinski definition) is 6. The van der Waals surface area contributed by atoms with Crippen LogP contribution in [0.5, 0.6) is 0 Å². The van der Waals surface area contributed by atoms with E-state index in [4.69, 9.17) is 9.26 Å². The van der Waals surface area contributed by atoms with Gasteiger partial charge in [0.1, 0.15) is 30.7 Å². The van der Waals surface area contributed by atoms with Crippen LogP contribution in [-0.4, -0.2) is 25.9 Å². The van der Waals surface area contributed by atoms with Gasteiger partial charge in [0.2, 0.25) is 0 Å². The van der Waals surface area contributed by atoms with Gasteiger partial charge in [0, 0.05) is 6.07 Å². The van der Waals surface area contributed by atoms with Crippen LogP contribution in [-0.2, 0) is 11.3 Å². The van der Waals surface area contributed by atoms with Crippen LogP contribution in [0.3, 0.4) is 0 Å². The van der Waals surface area contributed by atoms with Crippen LogP contribution in [0.15, 0.2) is 47.5 Å². The molecule has 0 amide bonds. The molecule has 0 saturated carbocycles. The Hall–Kier alpha value is -2.96. The predicted octanol–water partition coefficient (Wildman–Crippen LogP) is 1.92. The molecule has 0 spiro atoms. The minimum atomic E-state index is -0.416. The quantitative estimate of drug-likeness (QED) is 0.681. The molecule has 1 aromatic carbocycles. The van der Waals surface area contributed by atoms with Crippen LogP contribution in [0.25, 0.3) is 5.69 Å². The number of rotatable bonds is 4. The lowest BCUT2D eigenvalue weighted by Gasteiger charge is -2.04. The van der Waals surface area contributed by atoms with E-state index >= 15 is 0 Å². The monoisotopic (exact) mass is 284 g/mol. The molecular formula is C14H12N4O3. The highest BCUT2D eigenvalue weighted by Crippen LogP contribution is 2.10. The van der Waals surface area contributed by atoms with Crippen molar-refractivity contribution in [2.45, 2.75) is 13.5 Å². The summed E-state index contributed by atoms with van der Waals surface area (Å²) in [5.41, 5.74) is 1.86. The van der Waals surface area contributed by atoms with Gasteiger partial charge in [0.25, 0.3) is 0 Å². The van der Waals surface area contributed by atoms with E-state index < -0.39 is 5.97 Å². The predicted molar refractivity (Wildman–Crippen MR) is 71.7 cm³/mol. The number of hydrogen-bond donors (Lipinski definition) is 0. The molecule has 0 N–H and O–H groups in total. The Morgan fingerprint density at radius 2 is 2.14 bits per heavy atom. The lowest BCUT2D eigenvalue weighted by atomic mass is 10.2. The topological polar surface area (TPSA) is 83.0 Å². The molecule has 0 radical (unpaired) electrons. The average Bonchev–Trinajstić information content (AvgIpc) is 3.16. The number of nitrogens with zero attached hydrogens (tertiary/aromatic N) is 4. The van der Waals surface area contributed by atoms with Gasteiger partial charge in [-0.05, 0) is 31.2 Å². The van der Waals surface area contributed by atoms with Gasteiger partial charge in [0.15, 0.2) is 0 Å². The minimum absolute atomic E-state index is 0.0843. The number of carbonyl (C=O) groups excluding carboxylic acids is 1. The van der Waals surface area contributed by atoms with Crippen molar-refractivity contribution < 1.29 is 14.1 Å². The molecule has 2 aromatic heterocycles. The summed E-state index contributed by atoms with van der Waals surface area (Å²) in [6.45, 7) is 1.86. The molecule has 106 valence electrons. The number of carbonyl (C=O) groups is 1. The minimum Gasteiger partial charge on any atom is -0.455 e. The summed E-state index contributed by atoms with van der Waals surface area (Å²) >= 11 is 0. The van der Waals surface area contributed by atoms with Gasteiger partial charge in [-0.2, -0.15) is 5.10 Å². The molecule has 2 heterocycles. The SMILES string of the molecule is Cc1cc(COC(=O)c2ccc(-n3cncn3)cc2)no1. The van der Waals surface area contributed by atoms with Crippen molar-refractivity contribution in [2.24, 2.45) is 0 Å². The van der Waals surface area contributed by atoms with Gasteiger partial charge >= 0.3 is 5.97 Å². The Kier molecular flexibility index (Phi) is 3.46. The van der Waals surface area contributed by atoms with Crippen LogP contribution in [0, 0.1) is 6.92 Å². The fourth-order valence-corrected chi connectivity index (χ4v) is 1.80. The Balaban J connectivity index is 1.65. The van der Waals surface area contributed by atoms with Crippen LogP contribution in [0.4, 0.5) is 0 Å². The number of benzene rings is 1. The molecule has 0 atom stereocenters. The summed E-state index contributed by atoms with van der Waals surface area (Å²) in [6, 6.07) is 8.61. The zero-order chi connectivity index (χ0) is 14.7. The summed E-state index contributed by atoms with van der Waals surface area (Å²) in [4.78, 5) is 15.8. The van der Waals surface area contributed by atoms with Gasteiger partial charge in [-0.25, -0.2) is 14.5 Å². The summed E-state index contributed by atoms with van der Waals surface area (Å²) < 4.78 is 11.7. The Bertz CT molecular complexity index is 732. The molecule has 0 aliphatic rings. The van der Waals surface area contributed by atoms with E-state index in [1.54, 1.807) is 48.3 Å². The lowest BCUT2D eigenvalue weighted by Crippen LogP contribution is -2.05. The Labute approximate surface area is 120 Å². The van der Waals surface area contributed by atoms with Gasteiger partial charge < -0.3 is 9.26 Å². The molecule has 0 aliphatic heterocycles. The molecule has 0 fully saturated rings. The molecule has 0 unspecified atom stereocenters. The second-order valence-electron chi connectivity index (χ2n) is 4.39. The number of aromatic nitrogens is 4. The van der Waals surface area contributed by atoms with Crippen molar-refractivity contribution in [1.82, 2.24) is 19.9 Å². The first-order valence-electron chi connectivity index (χ1n) is 6.27. The summed E-state index contributed by atoms with van der Waals surface area (Å²) in [7, 11) is 0. The first-order valence-corrected chi connectivity index (χ1v) is 6.27. The van der Waals surface area contributed by atoms with E-state index in [1.807, 2.05) is 0 Å². The van der Waals surface area contributed by atoms with Crippen molar-refractivity contribution in [3.05, 3.63) is 60.0 Å². The summed E-state index contributed by atoms with van der Waals surface area (Å²) in [5.74, 6) is 0.263. The molecule has 3 aromatic rings. The fraction of sp³-hybridized carbons (Fsp3) is 0.143. The van der Waals surface area contributed by atoms with E-state index in [1.165, 1.54) is 6.33 Å². The average molecular weight is 284 g/mol. The first kappa shape index (κ1) is 13.0. The normalized spacial score (nSPS) is 10.5. The highest BCUT2D eigenvalue weighted by molar-refractivity contribution is 5.89. The van der Waals surface area contributed by atoms with E-state index in [0.29, 0.717) is 17.0 Å². The molecule has 0 aliphatic carbocycles. The largest absolute Gasteiger partial charge is 0.455 e. The van der Waals surface area contributed by atoms with Gasteiger partial charge in [-0.15, -0.1) is 0 Å². The maximum atomic E-state index is 11.9. The molecule has 7 nitrogen and oxygen atoms in total. The number of esters is 1. The van der Waals surface area contributed by atoms with E-state index in [-0.39, 0.29) is 6.61 Å². The molecule has 21 heavy (non-hydrogen) atoms. The van der Waals surface area contributed by atoms with E-state index in [2.05, 4.69) is 15.2 Å². The molecule has 0 saturated heterocycles. The number of aryl methyl sites for hydroxylation is 1. The van der Waals surface area contributed by atoms with Crippen LogP contribution >= 0.6 is 0 Å². The van der Waals surface area contributed by atoms with Crippen molar-refractivity contribution >= 4 is 5.97 Å². The molecular weight excluding hydrogens is 272 g/mol. The van der Waals surface area contributed by atoms with Gasteiger partial charge in [-0.1, -0.05) is 5.16 Å². The number of ether oxygens (including phenoxy) is 1. The Morgan fingerprint density at radius 1 is 1.33 bits per heavy atom. The fourth-order valence-electron chi connectivity index (χ4n) is 1.80. The Morgan fingerprint density at radius 3 is 2.76 bits per heavy atom. The smallest absolute Gasteiger partial charge is 0.338 e. The molecule has 7 heteroatoms. The van der Waals surface area contributed by atoms with Crippen molar-refractivity contribution in [2.75, 3.05) is 0 Å². The van der Waals surface area contributed by atoms with Crippen molar-refractivity contribution in [3.63, 3.8) is 0 Å². The van der Waals surface area contributed by atoms with E-state index in [9.17, 15) is 4.79 Å². The third-order valence-electron chi connectivity index (χ3n) is 2.81. The highest BCUT2D eigenvalue weighted by atomic mass is 16.5. The third kappa shape index (κ3) is 2.97. The van der Waals surface area contributed by atoms with Gasteiger partial charge in [-0.3, -0.25) is 0 Å². The zero-order valence-corrected chi connectivity index (χ0v) is 11.3. The molecule has 3 rings (SSSR count). The standard InChI is InChI=1S/C14H12N4O3/c1-10-6-12(17-21-10)7-20-14(19)11-2-4-13(5-3-11)18-9-15-8-16-18/h2-6,8-9H,7H2,1H3. The molecule has 0 bridgehead atoms.